The van der Waals surface area contributed by atoms with E-state index in [9.17, 15) is 4.39 Å². The molecule has 2 aliphatic rings. The molecule has 2 aliphatic heterocycles. The lowest BCUT2D eigenvalue weighted by atomic mass is 9.93. The van der Waals surface area contributed by atoms with Crippen LogP contribution in [0.5, 0.6) is 0 Å². The Bertz CT molecular complexity index is 696. The highest BCUT2D eigenvalue weighted by molar-refractivity contribution is 5.47. The average molecular weight is 341 g/mol. The maximum absolute atomic E-state index is 13.5. The summed E-state index contributed by atoms with van der Waals surface area (Å²) in [5.41, 5.74) is 2.26. The number of nitrogens with zero attached hydrogens (tertiary/aromatic N) is 3. The minimum Gasteiger partial charge on any atom is -0.375 e. The van der Waals surface area contributed by atoms with E-state index in [4.69, 9.17) is 4.74 Å². The van der Waals surface area contributed by atoms with E-state index < -0.39 is 0 Å². The van der Waals surface area contributed by atoms with Crippen LogP contribution in [0, 0.1) is 11.7 Å². The molecule has 0 unspecified atom stereocenters. The van der Waals surface area contributed by atoms with E-state index in [2.05, 4.69) is 26.9 Å². The average Bonchev–Trinajstić information content (AvgIpc) is 2.83. The summed E-state index contributed by atoms with van der Waals surface area (Å²) in [5.74, 6) is 0.360. The molecule has 0 N–H and O–H groups in total. The van der Waals surface area contributed by atoms with E-state index in [1.165, 1.54) is 11.6 Å². The number of piperidine rings is 1. The van der Waals surface area contributed by atoms with Crippen LogP contribution in [0.3, 0.4) is 0 Å². The van der Waals surface area contributed by atoms with Gasteiger partial charge in [-0.2, -0.15) is 0 Å². The molecule has 2 aromatic rings. The first-order valence-electron chi connectivity index (χ1n) is 9.01. The maximum atomic E-state index is 13.5. The van der Waals surface area contributed by atoms with Gasteiger partial charge in [0.05, 0.1) is 12.7 Å². The largest absolute Gasteiger partial charge is 0.375 e. The minimum atomic E-state index is -0.176. The third-order valence-corrected chi connectivity index (χ3v) is 5.26. The standard InChI is InChI=1S/C20H24FN3O/c21-18-2-1-3-19(12-18)24-9-6-17-14-23(10-11-25-20(17)15-24)13-16-4-7-22-8-5-16/h1-5,7-8,12,17,20H,6,9-11,13-15H2/t17-,20-/m0/s1. The van der Waals surface area contributed by atoms with Gasteiger partial charge in [-0.25, -0.2) is 4.39 Å². The van der Waals surface area contributed by atoms with Gasteiger partial charge in [-0.15, -0.1) is 0 Å². The van der Waals surface area contributed by atoms with Crippen molar-refractivity contribution in [2.75, 3.05) is 37.7 Å². The number of hydrogen-bond acceptors (Lipinski definition) is 4. The molecule has 4 nitrogen and oxygen atoms in total. The topological polar surface area (TPSA) is 28.6 Å². The summed E-state index contributed by atoms with van der Waals surface area (Å²) < 4.78 is 19.7. The number of ether oxygens (including phenoxy) is 1. The van der Waals surface area contributed by atoms with Gasteiger partial charge in [0.25, 0.3) is 0 Å². The fourth-order valence-corrected chi connectivity index (χ4v) is 3.92. The van der Waals surface area contributed by atoms with Gasteiger partial charge in [-0.3, -0.25) is 9.88 Å². The molecule has 1 aromatic heterocycles. The molecule has 0 bridgehead atoms. The van der Waals surface area contributed by atoms with Crippen molar-refractivity contribution in [2.24, 2.45) is 5.92 Å². The molecule has 0 amide bonds. The van der Waals surface area contributed by atoms with Crippen LogP contribution in [-0.4, -0.2) is 48.8 Å². The predicted octanol–water partition coefficient (Wildman–Crippen LogP) is 2.95. The second-order valence-corrected chi connectivity index (χ2v) is 6.97. The van der Waals surface area contributed by atoms with Gasteiger partial charge in [-0.05, 0) is 42.3 Å². The lowest BCUT2D eigenvalue weighted by Gasteiger charge is -2.39. The van der Waals surface area contributed by atoms with Crippen LogP contribution in [0.1, 0.15) is 12.0 Å². The van der Waals surface area contributed by atoms with E-state index in [0.29, 0.717) is 5.92 Å². The fourth-order valence-electron chi connectivity index (χ4n) is 3.92. The van der Waals surface area contributed by atoms with Crippen molar-refractivity contribution in [2.45, 2.75) is 19.1 Å². The molecule has 25 heavy (non-hydrogen) atoms. The summed E-state index contributed by atoms with van der Waals surface area (Å²) in [7, 11) is 0. The summed E-state index contributed by atoms with van der Waals surface area (Å²) in [5, 5.41) is 0. The van der Waals surface area contributed by atoms with Crippen molar-refractivity contribution in [3.05, 3.63) is 60.2 Å². The van der Waals surface area contributed by atoms with E-state index in [1.54, 1.807) is 12.1 Å². The van der Waals surface area contributed by atoms with Crippen LogP contribution in [0.25, 0.3) is 0 Å². The molecule has 0 aliphatic carbocycles. The molecule has 0 saturated carbocycles. The normalized spacial score (nSPS) is 24.6. The highest BCUT2D eigenvalue weighted by Crippen LogP contribution is 2.28. The minimum absolute atomic E-state index is 0.176. The third-order valence-electron chi connectivity index (χ3n) is 5.26. The molecule has 132 valence electrons. The Balaban J connectivity index is 1.40. The summed E-state index contributed by atoms with van der Waals surface area (Å²) in [6.45, 7) is 5.51. The van der Waals surface area contributed by atoms with Crippen molar-refractivity contribution < 1.29 is 9.13 Å². The van der Waals surface area contributed by atoms with Crippen LogP contribution in [0.2, 0.25) is 0 Å². The lowest BCUT2D eigenvalue weighted by Crippen LogP contribution is -2.47. The molecular formula is C20H24FN3O. The van der Waals surface area contributed by atoms with Crippen LogP contribution >= 0.6 is 0 Å². The second-order valence-electron chi connectivity index (χ2n) is 6.97. The van der Waals surface area contributed by atoms with Crippen LogP contribution in [-0.2, 0) is 11.3 Å². The highest BCUT2D eigenvalue weighted by Gasteiger charge is 2.33. The quantitative estimate of drug-likeness (QED) is 0.858. The Labute approximate surface area is 148 Å². The summed E-state index contributed by atoms with van der Waals surface area (Å²) in [6.07, 6.45) is 5.00. The van der Waals surface area contributed by atoms with Crippen molar-refractivity contribution in [1.29, 1.82) is 0 Å². The molecule has 5 heteroatoms. The van der Waals surface area contributed by atoms with E-state index in [0.717, 1.165) is 51.4 Å². The first-order valence-corrected chi connectivity index (χ1v) is 9.01. The number of anilines is 1. The second kappa shape index (κ2) is 7.50. The van der Waals surface area contributed by atoms with Crippen LogP contribution in [0.15, 0.2) is 48.8 Å². The Morgan fingerprint density at radius 1 is 1.12 bits per heavy atom. The fraction of sp³-hybridized carbons (Fsp3) is 0.450. The first kappa shape index (κ1) is 16.5. The SMILES string of the molecule is Fc1cccc(N2CC[C@H]3CN(Cc4ccncc4)CCO[C@H]3C2)c1. The van der Waals surface area contributed by atoms with Gasteiger partial charge in [0.15, 0.2) is 0 Å². The third kappa shape index (κ3) is 3.99. The monoisotopic (exact) mass is 341 g/mol. The van der Waals surface area contributed by atoms with Gasteiger partial charge < -0.3 is 9.64 Å². The van der Waals surface area contributed by atoms with Crippen molar-refractivity contribution >= 4 is 5.69 Å². The Morgan fingerprint density at radius 2 is 2.00 bits per heavy atom. The Kier molecular flexibility index (Phi) is 4.95. The number of pyridine rings is 1. The summed E-state index contributed by atoms with van der Waals surface area (Å²) in [4.78, 5) is 8.83. The van der Waals surface area contributed by atoms with Crippen molar-refractivity contribution in [3.63, 3.8) is 0 Å². The van der Waals surface area contributed by atoms with Gasteiger partial charge in [0, 0.05) is 56.7 Å². The predicted molar refractivity (Wildman–Crippen MR) is 96.0 cm³/mol. The van der Waals surface area contributed by atoms with E-state index >= 15 is 0 Å². The van der Waals surface area contributed by atoms with Gasteiger partial charge in [0.1, 0.15) is 5.82 Å². The van der Waals surface area contributed by atoms with Crippen molar-refractivity contribution in [1.82, 2.24) is 9.88 Å². The number of fused-ring (bicyclic) bond motifs is 1. The molecule has 4 rings (SSSR count). The number of halogens is 1. The number of rotatable bonds is 3. The molecule has 0 radical (unpaired) electrons. The molecule has 2 fully saturated rings. The first-order chi connectivity index (χ1) is 12.3. The van der Waals surface area contributed by atoms with Crippen LogP contribution in [0.4, 0.5) is 10.1 Å². The molecule has 0 spiro atoms. The lowest BCUT2D eigenvalue weighted by molar-refractivity contribution is 0.0253. The van der Waals surface area contributed by atoms with Crippen molar-refractivity contribution in [3.8, 4) is 0 Å². The zero-order chi connectivity index (χ0) is 17.1. The molecular weight excluding hydrogens is 317 g/mol. The Morgan fingerprint density at radius 3 is 2.84 bits per heavy atom. The Hall–Kier alpha value is -1.98. The maximum Gasteiger partial charge on any atom is 0.125 e. The van der Waals surface area contributed by atoms with E-state index in [-0.39, 0.29) is 11.9 Å². The number of benzene rings is 1. The highest BCUT2D eigenvalue weighted by atomic mass is 19.1. The summed E-state index contributed by atoms with van der Waals surface area (Å²) >= 11 is 0. The molecule has 1 aromatic carbocycles. The van der Waals surface area contributed by atoms with E-state index in [1.807, 2.05) is 18.5 Å². The molecule has 3 heterocycles. The zero-order valence-corrected chi connectivity index (χ0v) is 14.4. The van der Waals surface area contributed by atoms with Gasteiger partial charge in [0.2, 0.25) is 0 Å². The summed E-state index contributed by atoms with van der Waals surface area (Å²) in [6, 6.07) is 11.0. The smallest absolute Gasteiger partial charge is 0.125 e. The number of hydrogen-bond donors (Lipinski definition) is 0. The molecule has 2 saturated heterocycles. The van der Waals surface area contributed by atoms with Gasteiger partial charge in [-0.1, -0.05) is 6.07 Å². The number of aromatic nitrogens is 1. The molecule has 2 atom stereocenters. The van der Waals surface area contributed by atoms with Crippen LogP contribution < -0.4 is 4.90 Å². The zero-order valence-electron chi connectivity index (χ0n) is 14.4. The van der Waals surface area contributed by atoms with Gasteiger partial charge >= 0.3 is 0 Å².